The third kappa shape index (κ3) is 3.11. The highest BCUT2D eigenvalue weighted by molar-refractivity contribution is 5.69. The number of nitrogens with two attached hydrogens (primary N) is 1. The molecule has 2 aromatic rings. The van der Waals surface area contributed by atoms with Crippen molar-refractivity contribution < 1.29 is 9.47 Å². The molecule has 112 valence electrons. The maximum atomic E-state index is 6.13. The second-order valence-electron chi connectivity index (χ2n) is 4.94. The average Bonchev–Trinajstić information content (AvgIpc) is 2.53. The molecule has 4 nitrogen and oxygen atoms in total. The molecule has 0 spiro atoms. The van der Waals surface area contributed by atoms with Gasteiger partial charge in [-0.2, -0.15) is 0 Å². The van der Waals surface area contributed by atoms with Gasteiger partial charge in [-0.25, -0.2) is 0 Å². The third-order valence-electron chi connectivity index (χ3n) is 3.54. The van der Waals surface area contributed by atoms with Gasteiger partial charge < -0.3 is 20.1 Å². The lowest BCUT2D eigenvalue weighted by atomic mass is 10.0. The van der Waals surface area contributed by atoms with Crippen molar-refractivity contribution in [2.75, 3.05) is 26.2 Å². The van der Waals surface area contributed by atoms with Crippen LogP contribution in [0.3, 0.4) is 0 Å². The summed E-state index contributed by atoms with van der Waals surface area (Å²) in [5.74, 6) is 1.65. The smallest absolute Gasteiger partial charge is 0.125 e. The zero-order valence-corrected chi connectivity index (χ0v) is 13.0. The first-order valence-electron chi connectivity index (χ1n) is 6.88. The second kappa shape index (κ2) is 6.50. The van der Waals surface area contributed by atoms with Crippen LogP contribution in [-0.2, 0) is 0 Å². The molecular formula is C17H22N2O2. The Balaban J connectivity index is 2.44. The maximum absolute atomic E-state index is 6.13. The monoisotopic (exact) mass is 286 g/mol. The lowest BCUT2D eigenvalue weighted by Crippen LogP contribution is -2.16. The van der Waals surface area contributed by atoms with Crippen LogP contribution in [0.5, 0.6) is 11.5 Å². The number of methoxy groups -OCH3 is 2. The lowest BCUT2D eigenvalue weighted by molar-refractivity contribution is 0.407. The number of nitrogens with zero attached hydrogens (tertiary/aromatic N) is 1. The summed E-state index contributed by atoms with van der Waals surface area (Å²) in [5.41, 5.74) is 9.22. The van der Waals surface area contributed by atoms with Gasteiger partial charge in [0.1, 0.15) is 11.5 Å². The highest BCUT2D eigenvalue weighted by Gasteiger charge is 2.16. The summed E-state index contributed by atoms with van der Waals surface area (Å²) in [6, 6.07) is 13.8. The van der Waals surface area contributed by atoms with E-state index in [0.717, 1.165) is 28.4 Å². The molecule has 2 N–H and O–H groups in total. The van der Waals surface area contributed by atoms with Gasteiger partial charge in [0.15, 0.2) is 0 Å². The number of hydrogen-bond donors (Lipinski definition) is 1. The zero-order chi connectivity index (χ0) is 15.4. The molecule has 0 bridgehead atoms. The molecule has 0 unspecified atom stereocenters. The molecule has 1 atom stereocenters. The Kier molecular flexibility index (Phi) is 4.70. The van der Waals surface area contributed by atoms with E-state index in [1.54, 1.807) is 14.2 Å². The minimum Gasteiger partial charge on any atom is -0.497 e. The summed E-state index contributed by atoms with van der Waals surface area (Å²) < 4.78 is 10.6. The molecule has 0 saturated carbocycles. The minimum absolute atomic E-state index is 0.114. The van der Waals surface area contributed by atoms with Gasteiger partial charge >= 0.3 is 0 Å². The molecule has 0 aliphatic heterocycles. The van der Waals surface area contributed by atoms with Crippen LogP contribution in [0.15, 0.2) is 42.5 Å². The van der Waals surface area contributed by atoms with Gasteiger partial charge in [-0.3, -0.25) is 0 Å². The fourth-order valence-electron chi connectivity index (χ4n) is 2.41. The number of benzene rings is 2. The molecule has 0 heterocycles. The van der Waals surface area contributed by atoms with Gasteiger partial charge in [0.2, 0.25) is 0 Å². The van der Waals surface area contributed by atoms with E-state index in [4.69, 9.17) is 15.2 Å². The Morgan fingerprint density at radius 2 is 1.67 bits per heavy atom. The van der Waals surface area contributed by atoms with Crippen molar-refractivity contribution in [3.8, 4) is 11.5 Å². The summed E-state index contributed by atoms with van der Waals surface area (Å²) in [6.45, 7) is 1.96. The molecular weight excluding hydrogens is 264 g/mol. The van der Waals surface area contributed by atoms with Crippen LogP contribution in [0, 0.1) is 0 Å². The van der Waals surface area contributed by atoms with Gasteiger partial charge in [-0.15, -0.1) is 0 Å². The quantitative estimate of drug-likeness (QED) is 0.914. The highest BCUT2D eigenvalue weighted by atomic mass is 16.5. The molecule has 21 heavy (non-hydrogen) atoms. The Labute approximate surface area is 126 Å². The first-order chi connectivity index (χ1) is 10.1. The van der Waals surface area contributed by atoms with Crippen LogP contribution in [0.25, 0.3) is 0 Å². The number of ether oxygens (including phenoxy) is 2. The summed E-state index contributed by atoms with van der Waals surface area (Å²) in [4.78, 5) is 2.10. The van der Waals surface area contributed by atoms with Crippen LogP contribution >= 0.6 is 0 Å². The first kappa shape index (κ1) is 15.2. The topological polar surface area (TPSA) is 47.7 Å². The van der Waals surface area contributed by atoms with Crippen LogP contribution in [0.1, 0.15) is 18.5 Å². The molecule has 0 saturated heterocycles. The van der Waals surface area contributed by atoms with Gasteiger partial charge in [-0.05, 0) is 43.3 Å². The molecule has 0 aromatic heterocycles. The standard InChI is InChI=1S/C17H22N2O2/c1-12(18)17-15(6-5-7-16(17)21-4)19(2)13-8-10-14(20-3)11-9-13/h5-12H,18H2,1-4H3/t12-/m0/s1. The number of anilines is 2. The van der Waals surface area contributed by atoms with E-state index in [1.165, 1.54) is 0 Å². The highest BCUT2D eigenvalue weighted by Crippen LogP contribution is 2.36. The molecule has 0 aliphatic rings. The predicted octanol–water partition coefficient (Wildman–Crippen LogP) is 3.49. The van der Waals surface area contributed by atoms with E-state index in [-0.39, 0.29) is 6.04 Å². The van der Waals surface area contributed by atoms with Crippen LogP contribution < -0.4 is 20.1 Å². The van der Waals surface area contributed by atoms with Crippen molar-refractivity contribution in [3.63, 3.8) is 0 Å². The van der Waals surface area contributed by atoms with E-state index in [2.05, 4.69) is 4.90 Å². The van der Waals surface area contributed by atoms with Gasteiger partial charge in [0.05, 0.1) is 14.2 Å². The SMILES string of the molecule is COc1ccc(N(C)c2cccc(OC)c2[C@H](C)N)cc1. The fraction of sp³-hybridized carbons (Fsp3) is 0.294. The molecule has 0 fully saturated rings. The molecule has 2 aromatic carbocycles. The Morgan fingerprint density at radius 1 is 1.00 bits per heavy atom. The largest absolute Gasteiger partial charge is 0.497 e. The average molecular weight is 286 g/mol. The maximum Gasteiger partial charge on any atom is 0.125 e. The first-order valence-corrected chi connectivity index (χ1v) is 6.88. The van der Waals surface area contributed by atoms with E-state index < -0.39 is 0 Å². The van der Waals surface area contributed by atoms with Crippen molar-refractivity contribution in [2.24, 2.45) is 5.73 Å². The summed E-state index contributed by atoms with van der Waals surface area (Å²) >= 11 is 0. The van der Waals surface area contributed by atoms with Crippen molar-refractivity contribution in [1.29, 1.82) is 0 Å². The minimum atomic E-state index is -0.114. The second-order valence-corrected chi connectivity index (χ2v) is 4.94. The van der Waals surface area contributed by atoms with Crippen LogP contribution in [0.2, 0.25) is 0 Å². The summed E-state index contributed by atoms with van der Waals surface area (Å²) in [6.07, 6.45) is 0. The van der Waals surface area contributed by atoms with Crippen molar-refractivity contribution in [2.45, 2.75) is 13.0 Å². The van der Waals surface area contributed by atoms with E-state index >= 15 is 0 Å². The molecule has 4 heteroatoms. The van der Waals surface area contributed by atoms with E-state index in [0.29, 0.717) is 0 Å². The van der Waals surface area contributed by atoms with Crippen molar-refractivity contribution in [3.05, 3.63) is 48.0 Å². The predicted molar refractivity (Wildman–Crippen MR) is 86.7 cm³/mol. The lowest BCUT2D eigenvalue weighted by Gasteiger charge is -2.25. The van der Waals surface area contributed by atoms with E-state index in [9.17, 15) is 0 Å². The molecule has 2 rings (SSSR count). The normalized spacial score (nSPS) is 11.9. The molecule has 0 radical (unpaired) electrons. The third-order valence-corrected chi connectivity index (χ3v) is 3.54. The Bertz CT molecular complexity index is 594. The van der Waals surface area contributed by atoms with Crippen LogP contribution in [-0.4, -0.2) is 21.3 Å². The van der Waals surface area contributed by atoms with Gasteiger partial charge in [-0.1, -0.05) is 6.07 Å². The van der Waals surface area contributed by atoms with Gasteiger partial charge in [0.25, 0.3) is 0 Å². The zero-order valence-electron chi connectivity index (χ0n) is 13.0. The van der Waals surface area contributed by atoms with Crippen molar-refractivity contribution >= 4 is 11.4 Å². The number of hydrogen-bond acceptors (Lipinski definition) is 4. The van der Waals surface area contributed by atoms with Gasteiger partial charge in [0, 0.05) is 30.0 Å². The van der Waals surface area contributed by atoms with Crippen LogP contribution in [0.4, 0.5) is 11.4 Å². The summed E-state index contributed by atoms with van der Waals surface area (Å²) in [5, 5.41) is 0. The Hall–Kier alpha value is -2.20. The van der Waals surface area contributed by atoms with E-state index in [1.807, 2.05) is 56.4 Å². The fourth-order valence-corrected chi connectivity index (χ4v) is 2.41. The molecule has 0 amide bonds. The molecule has 0 aliphatic carbocycles. The number of rotatable bonds is 5. The summed E-state index contributed by atoms with van der Waals surface area (Å²) in [7, 11) is 5.34. The van der Waals surface area contributed by atoms with Crippen molar-refractivity contribution in [1.82, 2.24) is 0 Å². The Morgan fingerprint density at radius 3 is 2.19 bits per heavy atom.